The van der Waals surface area contributed by atoms with Crippen molar-refractivity contribution in [3.05, 3.63) is 0 Å². The zero-order valence-corrected chi connectivity index (χ0v) is 10.1. The number of amides is 1. The molecular weight excluding hydrogens is 206 g/mol. The van der Waals surface area contributed by atoms with Gasteiger partial charge in [-0.05, 0) is 20.4 Å². The number of rotatable bonds is 2. The van der Waals surface area contributed by atoms with Crippen LogP contribution in [0.2, 0.25) is 0 Å². The second kappa shape index (κ2) is 4.05. The molecule has 5 heteroatoms. The molecule has 90 valence electrons. The quantitative estimate of drug-likeness (QED) is 0.738. The Labute approximate surface area is 95.8 Å². The molecule has 2 rings (SSSR count). The largest absolute Gasteiger partial charge is 0.387 e. The number of nitrogens with one attached hydrogen (secondary N) is 1. The first-order chi connectivity index (χ1) is 7.54. The summed E-state index contributed by atoms with van der Waals surface area (Å²) in [6, 6.07) is 0.188. The summed E-state index contributed by atoms with van der Waals surface area (Å²) >= 11 is 0. The van der Waals surface area contributed by atoms with E-state index in [9.17, 15) is 4.79 Å². The molecule has 1 N–H and O–H groups in total. The molecule has 2 aliphatic rings. The highest BCUT2D eigenvalue weighted by molar-refractivity contribution is 6.39. The summed E-state index contributed by atoms with van der Waals surface area (Å²) in [5.74, 6) is -0.0150. The van der Waals surface area contributed by atoms with Gasteiger partial charge in [-0.15, -0.1) is 0 Å². The average Bonchev–Trinajstić information content (AvgIpc) is 2.87. The van der Waals surface area contributed by atoms with Gasteiger partial charge in [0, 0.05) is 32.5 Å². The third-order valence-corrected chi connectivity index (χ3v) is 3.39. The summed E-state index contributed by atoms with van der Waals surface area (Å²) in [5.41, 5.74) is 0.308. The molecule has 0 unspecified atom stereocenters. The summed E-state index contributed by atoms with van der Waals surface area (Å²) in [5, 5.41) is 7.20. The van der Waals surface area contributed by atoms with E-state index in [1.165, 1.54) is 0 Å². The molecule has 16 heavy (non-hydrogen) atoms. The van der Waals surface area contributed by atoms with Crippen molar-refractivity contribution in [2.45, 2.75) is 38.3 Å². The highest BCUT2D eigenvalue weighted by Gasteiger charge is 2.44. The van der Waals surface area contributed by atoms with Crippen LogP contribution in [-0.2, 0) is 9.63 Å². The lowest BCUT2D eigenvalue weighted by Crippen LogP contribution is -2.40. The smallest absolute Gasteiger partial charge is 0.271 e. The maximum Gasteiger partial charge on any atom is 0.271 e. The van der Waals surface area contributed by atoms with Crippen molar-refractivity contribution in [1.29, 1.82) is 0 Å². The molecule has 5 nitrogen and oxygen atoms in total. The summed E-state index contributed by atoms with van der Waals surface area (Å²) in [4.78, 5) is 19.2. The van der Waals surface area contributed by atoms with E-state index in [-0.39, 0.29) is 17.6 Å². The molecule has 1 fully saturated rings. The zero-order chi connectivity index (χ0) is 11.8. The van der Waals surface area contributed by atoms with Crippen LogP contribution in [0.4, 0.5) is 0 Å². The minimum Gasteiger partial charge on any atom is -0.387 e. The Bertz CT molecular complexity index is 319. The highest BCUT2D eigenvalue weighted by atomic mass is 16.7. The molecule has 0 aromatic rings. The summed E-state index contributed by atoms with van der Waals surface area (Å²) in [6.45, 7) is 5.71. The summed E-state index contributed by atoms with van der Waals surface area (Å²) in [7, 11) is 1.80. The molecule has 0 aromatic heterocycles. The van der Waals surface area contributed by atoms with Crippen LogP contribution in [0.1, 0.15) is 26.7 Å². The first kappa shape index (κ1) is 11.4. The molecule has 0 radical (unpaired) electrons. The van der Waals surface area contributed by atoms with Crippen molar-refractivity contribution in [3.8, 4) is 0 Å². The Morgan fingerprint density at radius 3 is 2.94 bits per heavy atom. The van der Waals surface area contributed by atoms with Gasteiger partial charge in [0.05, 0.1) is 0 Å². The predicted molar refractivity (Wildman–Crippen MR) is 61.3 cm³/mol. The number of carbonyl (C=O) groups is 1. The van der Waals surface area contributed by atoms with E-state index in [2.05, 4.69) is 10.5 Å². The Morgan fingerprint density at radius 2 is 2.38 bits per heavy atom. The van der Waals surface area contributed by atoms with Crippen molar-refractivity contribution in [3.63, 3.8) is 0 Å². The maximum atomic E-state index is 12.0. The van der Waals surface area contributed by atoms with Gasteiger partial charge in [-0.2, -0.15) is 0 Å². The zero-order valence-electron chi connectivity index (χ0n) is 10.1. The van der Waals surface area contributed by atoms with Gasteiger partial charge in [-0.3, -0.25) is 4.79 Å². The molecule has 1 amide bonds. The van der Waals surface area contributed by atoms with Crippen molar-refractivity contribution in [2.24, 2.45) is 5.16 Å². The van der Waals surface area contributed by atoms with E-state index >= 15 is 0 Å². The Hall–Kier alpha value is -1.10. The topological polar surface area (TPSA) is 53.9 Å². The third kappa shape index (κ3) is 1.91. The van der Waals surface area contributed by atoms with E-state index in [0.29, 0.717) is 12.1 Å². The number of hydrogen-bond acceptors (Lipinski definition) is 4. The molecular formula is C11H19N3O2. The van der Waals surface area contributed by atoms with E-state index < -0.39 is 0 Å². The highest BCUT2D eigenvalue weighted by Crippen LogP contribution is 2.30. The van der Waals surface area contributed by atoms with Crippen LogP contribution in [0, 0.1) is 0 Å². The lowest BCUT2D eigenvalue weighted by molar-refractivity contribution is -0.124. The minimum atomic E-state index is -0.247. The summed E-state index contributed by atoms with van der Waals surface area (Å²) < 4.78 is 0. The second-order valence-electron chi connectivity index (χ2n) is 4.93. The van der Waals surface area contributed by atoms with Gasteiger partial charge in [0.15, 0.2) is 5.60 Å². The Morgan fingerprint density at radius 1 is 1.62 bits per heavy atom. The molecule has 0 aliphatic carbocycles. The van der Waals surface area contributed by atoms with Gasteiger partial charge in [-0.1, -0.05) is 5.16 Å². The monoisotopic (exact) mass is 225 g/mol. The Kier molecular flexibility index (Phi) is 2.88. The lowest BCUT2D eigenvalue weighted by atomic mass is 9.96. The second-order valence-corrected chi connectivity index (χ2v) is 4.93. The minimum absolute atomic E-state index is 0.0150. The van der Waals surface area contributed by atoms with Crippen molar-refractivity contribution in [2.75, 3.05) is 20.1 Å². The average molecular weight is 225 g/mol. The van der Waals surface area contributed by atoms with E-state index in [0.717, 1.165) is 19.5 Å². The lowest BCUT2D eigenvalue weighted by Gasteiger charge is -2.22. The van der Waals surface area contributed by atoms with Crippen LogP contribution >= 0.6 is 0 Å². The fourth-order valence-corrected chi connectivity index (χ4v) is 2.02. The molecule has 1 atom stereocenters. The molecule has 2 aliphatic heterocycles. The van der Waals surface area contributed by atoms with Crippen LogP contribution in [0.15, 0.2) is 5.16 Å². The van der Waals surface area contributed by atoms with Crippen molar-refractivity contribution < 1.29 is 9.63 Å². The van der Waals surface area contributed by atoms with E-state index in [4.69, 9.17) is 4.84 Å². The first-order valence-corrected chi connectivity index (χ1v) is 5.77. The normalized spacial score (nSPS) is 28.4. The van der Waals surface area contributed by atoms with Gasteiger partial charge in [0.1, 0.15) is 5.71 Å². The number of carbonyl (C=O) groups excluding carboxylic acids is 1. The van der Waals surface area contributed by atoms with Crippen LogP contribution in [0.5, 0.6) is 0 Å². The number of oxime groups is 1. The molecule has 0 saturated carbocycles. The van der Waals surface area contributed by atoms with Crippen molar-refractivity contribution >= 4 is 11.6 Å². The SMILES string of the molecule is CC(C)N(C)C(=O)C1=NO[C@]2(CCNC2)C1. The first-order valence-electron chi connectivity index (χ1n) is 5.77. The standard InChI is InChI=1S/C11H19N3O2/c1-8(2)14(3)10(15)9-6-11(16-13-9)4-5-12-7-11/h8,12H,4-7H2,1-3H3/t11-/m1/s1. The van der Waals surface area contributed by atoms with E-state index in [1.807, 2.05) is 13.8 Å². The molecule has 1 spiro atoms. The van der Waals surface area contributed by atoms with Crippen LogP contribution in [-0.4, -0.2) is 48.3 Å². The predicted octanol–water partition coefficient (Wildman–Crippen LogP) is 0.362. The van der Waals surface area contributed by atoms with Gasteiger partial charge in [0.2, 0.25) is 0 Å². The van der Waals surface area contributed by atoms with Gasteiger partial charge < -0.3 is 15.1 Å². The Balaban J connectivity index is 2.00. The van der Waals surface area contributed by atoms with Gasteiger partial charge in [-0.25, -0.2) is 0 Å². The fraction of sp³-hybridized carbons (Fsp3) is 0.818. The van der Waals surface area contributed by atoms with Gasteiger partial charge >= 0.3 is 0 Å². The third-order valence-electron chi connectivity index (χ3n) is 3.39. The molecule has 0 aromatic carbocycles. The molecule has 1 saturated heterocycles. The fourth-order valence-electron chi connectivity index (χ4n) is 2.02. The summed E-state index contributed by atoms with van der Waals surface area (Å²) in [6.07, 6.45) is 1.56. The van der Waals surface area contributed by atoms with Crippen LogP contribution < -0.4 is 5.32 Å². The van der Waals surface area contributed by atoms with Gasteiger partial charge in [0.25, 0.3) is 5.91 Å². The van der Waals surface area contributed by atoms with Crippen LogP contribution in [0.3, 0.4) is 0 Å². The van der Waals surface area contributed by atoms with Crippen molar-refractivity contribution in [1.82, 2.24) is 10.2 Å². The van der Waals surface area contributed by atoms with E-state index in [1.54, 1.807) is 11.9 Å². The van der Waals surface area contributed by atoms with Crippen LogP contribution in [0.25, 0.3) is 0 Å². The maximum absolute atomic E-state index is 12.0. The number of nitrogens with zero attached hydrogens (tertiary/aromatic N) is 2. The molecule has 0 bridgehead atoms. The number of hydrogen-bond donors (Lipinski definition) is 1. The molecule has 2 heterocycles.